The molecule has 0 radical (unpaired) electrons. The van der Waals surface area contributed by atoms with Crippen molar-refractivity contribution in [1.82, 2.24) is 24.8 Å². The van der Waals surface area contributed by atoms with Gasteiger partial charge >= 0.3 is 0 Å². The first-order valence-electron chi connectivity index (χ1n) is 8.71. The Bertz CT molecular complexity index is 894. The van der Waals surface area contributed by atoms with E-state index < -0.39 is 0 Å². The van der Waals surface area contributed by atoms with Crippen LogP contribution in [0.4, 0.5) is 16.2 Å². The van der Waals surface area contributed by atoms with Crippen molar-refractivity contribution in [2.24, 2.45) is 0 Å². The molecule has 3 heterocycles. The van der Waals surface area contributed by atoms with Gasteiger partial charge in [0.15, 0.2) is 5.82 Å². The zero-order valence-corrected chi connectivity index (χ0v) is 14.6. The normalized spacial score (nSPS) is 17.6. The average Bonchev–Trinajstić information content (AvgIpc) is 2.71. The highest BCUT2D eigenvalue weighted by Gasteiger charge is 2.24. The zero-order chi connectivity index (χ0) is 18.5. The summed E-state index contributed by atoms with van der Waals surface area (Å²) in [5, 5.41) is 3.03. The van der Waals surface area contributed by atoms with E-state index in [9.17, 15) is 4.39 Å². The van der Waals surface area contributed by atoms with Crippen LogP contribution in [0.25, 0.3) is 0 Å². The second-order valence-corrected chi connectivity index (χ2v) is 6.21. The lowest BCUT2D eigenvalue weighted by atomic mass is 10.1. The molecule has 1 aromatic carbocycles. The van der Waals surface area contributed by atoms with Crippen molar-refractivity contribution in [2.75, 3.05) is 25.0 Å². The Labute approximate surface area is 156 Å². The Morgan fingerprint density at radius 3 is 2.85 bits per heavy atom. The second-order valence-electron chi connectivity index (χ2n) is 6.21. The number of aromatic nitrogens is 4. The molecule has 4 rings (SSSR count). The molecule has 1 aliphatic rings. The molecule has 8 heteroatoms. The van der Waals surface area contributed by atoms with E-state index >= 15 is 0 Å². The number of benzene rings is 1. The van der Waals surface area contributed by atoms with E-state index in [1.807, 2.05) is 12.1 Å². The molecule has 1 fully saturated rings. The van der Waals surface area contributed by atoms with Crippen molar-refractivity contribution in [1.29, 1.82) is 0 Å². The van der Waals surface area contributed by atoms with E-state index in [2.05, 4.69) is 30.2 Å². The standard InChI is InChI=1S/C19H19FN6O/c20-15-5-2-1-4-14(15)12-26-8-9-27-17(13-26)16-10-21-11-18(24-16)25-19-22-6-3-7-23-19/h1-7,10-11,17H,8-9,12-13H2,(H,22,23,24,25)/t17-/m1/s1. The summed E-state index contributed by atoms with van der Waals surface area (Å²) in [6.45, 7) is 2.46. The monoisotopic (exact) mass is 366 g/mol. The fourth-order valence-corrected chi connectivity index (χ4v) is 2.97. The first-order chi connectivity index (χ1) is 13.3. The SMILES string of the molecule is Fc1ccccc1CN1CCO[C@@H](c2cncc(Nc3ncccn3)n2)C1. The van der Waals surface area contributed by atoms with Gasteiger partial charge in [-0.3, -0.25) is 9.88 Å². The summed E-state index contributed by atoms with van der Waals surface area (Å²) < 4.78 is 19.8. The molecule has 1 saturated heterocycles. The average molecular weight is 366 g/mol. The molecule has 0 spiro atoms. The van der Waals surface area contributed by atoms with Crippen LogP contribution < -0.4 is 5.32 Å². The van der Waals surface area contributed by atoms with Gasteiger partial charge < -0.3 is 10.1 Å². The van der Waals surface area contributed by atoms with Gasteiger partial charge in [0.25, 0.3) is 0 Å². The molecule has 3 aromatic rings. The van der Waals surface area contributed by atoms with Gasteiger partial charge in [-0.15, -0.1) is 0 Å². The van der Waals surface area contributed by atoms with Crippen molar-refractivity contribution in [3.05, 3.63) is 72.2 Å². The smallest absolute Gasteiger partial charge is 0.228 e. The largest absolute Gasteiger partial charge is 0.369 e. The molecule has 1 N–H and O–H groups in total. The third kappa shape index (κ3) is 4.42. The van der Waals surface area contributed by atoms with E-state index in [1.54, 1.807) is 36.9 Å². The minimum Gasteiger partial charge on any atom is -0.369 e. The minimum atomic E-state index is -0.225. The topological polar surface area (TPSA) is 76.1 Å². The van der Waals surface area contributed by atoms with Gasteiger partial charge in [0.1, 0.15) is 11.9 Å². The third-order valence-electron chi connectivity index (χ3n) is 4.29. The number of halogens is 1. The molecule has 2 aromatic heterocycles. The first-order valence-corrected chi connectivity index (χ1v) is 8.71. The lowest BCUT2D eigenvalue weighted by molar-refractivity contribution is -0.0353. The molecule has 0 unspecified atom stereocenters. The molecule has 7 nitrogen and oxygen atoms in total. The van der Waals surface area contributed by atoms with Gasteiger partial charge in [-0.1, -0.05) is 18.2 Å². The maximum Gasteiger partial charge on any atom is 0.228 e. The highest BCUT2D eigenvalue weighted by Crippen LogP contribution is 2.23. The third-order valence-corrected chi connectivity index (χ3v) is 4.29. The summed E-state index contributed by atoms with van der Waals surface area (Å²) in [5.74, 6) is 0.817. The van der Waals surface area contributed by atoms with Crippen molar-refractivity contribution < 1.29 is 9.13 Å². The van der Waals surface area contributed by atoms with Crippen LogP contribution in [0.15, 0.2) is 55.1 Å². The number of anilines is 2. The highest BCUT2D eigenvalue weighted by atomic mass is 19.1. The van der Waals surface area contributed by atoms with Crippen LogP contribution in [-0.4, -0.2) is 44.5 Å². The maximum absolute atomic E-state index is 13.9. The number of hydrogen-bond donors (Lipinski definition) is 1. The minimum absolute atomic E-state index is 0.186. The van der Waals surface area contributed by atoms with Gasteiger partial charge in [-0.05, 0) is 12.1 Å². The summed E-state index contributed by atoms with van der Waals surface area (Å²) >= 11 is 0. The molecule has 1 atom stereocenters. The van der Waals surface area contributed by atoms with Gasteiger partial charge in [0, 0.05) is 37.6 Å². The van der Waals surface area contributed by atoms with Gasteiger partial charge in [0.2, 0.25) is 5.95 Å². The lowest BCUT2D eigenvalue weighted by Crippen LogP contribution is -2.38. The molecular formula is C19H19FN6O. The fraction of sp³-hybridized carbons (Fsp3) is 0.263. The molecular weight excluding hydrogens is 347 g/mol. The molecule has 1 aliphatic heterocycles. The van der Waals surface area contributed by atoms with Crippen molar-refractivity contribution in [3.8, 4) is 0 Å². The van der Waals surface area contributed by atoms with Crippen LogP contribution in [0, 0.1) is 5.82 Å². The van der Waals surface area contributed by atoms with Crippen LogP contribution in [0.2, 0.25) is 0 Å². The number of nitrogens with one attached hydrogen (secondary N) is 1. The molecule has 0 amide bonds. The fourth-order valence-electron chi connectivity index (χ4n) is 2.97. The quantitative estimate of drug-likeness (QED) is 0.744. The highest BCUT2D eigenvalue weighted by molar-refractivity contribution is 5.45. The number of morpholine rings is 1. The Balaban J connectivity index is 1.45. The Morgan fingerprint density at radius 2 is 2.00 bits per heavy atom. The van der Waals surface area contributed by atoms with Gasteiger partial charge in [-0.2, -0.15) is 0 Å². The Hall–Kier alpha value is -2.97. The van der Waals surface area contributed by atoms with Gasteiger partial charge in [0.05, 0.1) is 24.7 Å². The van der Waals surface area contributed by atoms with Crippen LogP contribution >= 0.6 is 0 Å². The van der Waals surface area contributed by atoms with E-state index in [1.165, 1.54) is 6.07 Å². The molecule has 138 valence electrons. The lowest BCUT2D eigenvalue weighted by Gasteiger charge is -2.32. The second kappa shape index (κ2) is 8.15. The van der Waals surface area contributed by atoms with Crippen molar-refractivity contribution in [2.45, 2.75) is 12.6 Å². The molecule has 0 saturated carbocycles. The van der Waals surface area contributed by atoms with Crippen LogP contribution in [0.1, 0.15) is 17.4 Å². The maximum atomic E-state index is 13.9. The van der Waals surface area contributed by atoms with Gasteiger partial charge in [-0.25, -0.2) is 19.3 Å². The summed E-state index contributed by atoms with van der Waals surface area (Å²) in [7, 11) is 0. The number of nitrogens with zero attached hydrogens (tertiary/aromatic N) is 5. The number of ether oxygens (including phenoxy) is 1. The van der Waals surface area contributed by atoms with E-state index in [-0.39, 0.29) is 11.9 Å². The van der Waals surface area contributed by atoms with Crippen LogP contribution in [-0.2, 0) is 11.3 Å². The predicted octanol–water partition coefficient (Wildman–Crippen LogP) is 2.72. The predicted molar refractivity (Wildman–Crippen MR) is 97.7 cm³/mol. The summed E-state index contributed by atoms with van der Waals surface area (Å²) in [6, 6.07) is 8.59. The molecule has 27 heavy (non-hydrogen) atoms. The molecule has 0 bridgehead atoms. The summed E-state index contributed by atoms with van der Waals surface area (Å²) in [5.41, 5.74) is 1.40. The van der Waals surface area contributed by atoms with E-state index in [0.717, 1.165) is 6.54 Å². The first kappa shape index (κ1) is 17.4. The number of rotatable bonds is 5. The summed E-state index contributed by atoms with van der Waals surface area (Å²) in [4.78, 5) is 19.2. The van der Waals surface area contributed by atoms with E-state index in [4.69, 9.17) is 4.74 Å². The van der Waals surface area contributed by atoms with Crippen LogP contribution in [0.5, 0.6) is 0 Å². The van der Waals surface area contributed by atoms with Crippen molar-refractivity contribution >= 4 is 11.8 Å². The number of hydrogen-bond acceptors (Lipinski definition) is 7. The zero-order valence-electron chi connectivity index (χ0n) is 14.6. The molecule has 0 aliphatic carbocycles. The summed E-state index contributed by atoms with van der Waals surface area (Å²) in [6.07, 6.45) is 6.37. The Kier molecular flexibility index (Phi) is 5.27. The Morgan fingerprint density at radius 1 is 1.15 bits per heavy atom. The van der Waals surface area contributed by atoms with Crippen LogP contribution in [0.3, 0.4) is 0 Å². The van der Waals surface area contributed by atoms with E-state index in [0.29, 0.717) is 42.7 Å². The van der Waals surface area contributed by atoms with Crippen molar-refractivity contribution in [3.63, 3.8) is 0 Å².